The van der Waals surface area contributed by atoms with Gasteiger partial charge in [0.05, 0.1) is 6.26 Å². The summed E-state index contributed by atoms with van der Waals surface area (Å²) in [7, 11) is -3.61. The summed E-state index contributed by atoms with van der Waals surface area (Å²) in [5.74, 6) is 0.169. The Morgan fingerprint density at radius 2 is 2.05 bits per heavy atom. The Labute approximate surface area is 113 Å². The molecule has 0 spiro atoms. The molecule has 0 aliphatic heterocycles. The standard InChI is InChI=1S/C11H19N3O4S/c1-8-6-9(13-18-8)14(19(5,16)17)7-10(15)12-11(2,3)4/h6H,7H2,1-5H3,(H,12,15). The van der Waals surface area contributed by atoms with Crippen LogP contribution in [0.15, 0.2) is 10.6 Å². The number of nitrogens with zero attached hydrogens (tertiary/aromatic N) is 2. The van der Waals surface area contributed by atoms with Gasteiger partial charge in [-0.15, -0.1) is 0 Å². The van der Waals surface area contributed by atoms with Gasteiger partial charge in [-0.1, -0.05) is 5.16 Å². The van der Waals surface area contributed by atoms with Gasteiger partial charge in [0.15, 0.2) is 5.82 Å². The Bertz CT molecular complexity index is 557. The van der Waals surface area contributed by atoms with Gasteiger partial charge in [0.25, 0.3) is 0 Å². The van der Waals surface area contributed by atoms with Crippen molar-refractivity contribution in [1.29, 1.82) is 0 Å². The molecule has 108 valence electrons. The van der Waals surface area contributed by atoms with Gasteiger partial charge in [0.2, 0.25) is 15.9 Å². The van der Waals surface area contributed by atoms with Crippen molar-refractivity contribution in [2.24, 2.45) is 0 Å². The lowest BCUT2D eigenvalue weighted by Crippen LogP contribution is -2.47. The Hall–Kier alpha value is -1.57. The highest BCUT2D eigenvalue weighted by Gasteiger charge is 2.25. The van der Waals surface area contributed by atoms with Crippen LogP contribution in [0.3, 0.4) is 0 Å². The number of sulfonamides is 1. The van der Waals surface area contributed by atoms with Crippen LogP contribution in [0.25, 0.3) is 0 Å². The molecule has 0 aliphatic carbocycles. The Morgan fingerprint density at radius 3 is 2.42 bits per heavy atom. The number of nitrogens with one attached hydrogen (secondary N) is 1. The molecule has 0 fully saturated rings. The maximum absolute atomic E-state index is 11.8. The zero-order chi connectivity index (χ0) is 14.8. The Morgan fingerprint density at radius 1 is 1.47 bits per heavy atom. The topological polar surface area (TPSA) is 92.5 Å². The van der Waals surface area contributed by atoms with Gasteiger partial charge in [-0.25, -0.2) is 12.7 Å². The summed E-state index contributed by atoms with van der Waals surface area (Å²) in [4.78, 5) is 11.8. The highest BCUT2D eigenvalue weighted by molar-refractivity contribution is 7.92. The average Bonchev–Trinajstić information content (AvgIpc) is 2.56. The van der Waals surface area contributed by atoms with Gasteiger partial charge in [-0.3, -0.25) is 4.79 Å². The Balaban J connectivity index is 2.93. The molecule has 1 amide bonds. The van der Waals surface area contributed by atoms with Crippen molar-refractivity contribution in [1.82, 2.24) is 10.5 Å². The lowest BCUT2D eigenvalue weighted by Gasteiger charge is -2.24. The van der Waals surface area contributed by atoms with E-state index in [-0.39, 0.29) is 12.4 Å². The van der Waals surface area contributed by atoms with Crippen LogP contribution in [0, 0.1) is 6.92 Å². The van der Waals surface area contributed by atoms with Crippen LogP contribution in [-0.4, -0.2) is 37.8 Å². The van der Waals surface area contributed by atoms with Crippen molar-refractivity contribution < 1.29 is 17.7 Å². The predicted molar refractivity (Wildman–Crippen MR) is 71.3 cm³/mol. The first-order valence-corrected chi connectivity index (χ1v) is 7.56. The molecule has 0 saturated heterocycles. The first-order valence-electron chi connectivity index (χ1n) is 5.71. The number of hydrogen-bond donors (Lipinski definition) is 1. The molecule has 1 aromatic heterocycles. The number of carbonyl (C=O) groups excluding carboxylic acids is 1. The molecular weight excluding hydrogens is 270 g/mol. The maximum Gasteiger partial charge on any atom is 0.241 e. The molecule has 0 bridgehead atoms. The zero-order valence-electron chi connectivity index (χ0n) is 11.7. The fraction of sp³-hybridized carbons (Fsp3) is 0.636. The molecule has 1 heterocycles. The lowest BCUT2D eigenvalue weighted by atomic mass is 10.1. The number of anilines is 1. The van der Waals surface area contributed by atoms with Gasteiger partial charge < -0.3 is 9.84 Å². The van der Waals surface area contributed by atoms with Gasteiger partial charge in [-0.2, -0.15) is 0 Å². The van der Waals surface area contributed by atoms with Crippen molar-refractivity contribution in [2.75, 3.05) is 17.1 Å². The number of rotatable bonds is 4. The number of amides is 1. The predicted octanol–water partition coefficient (Wildman–Crippen LogP) is 0.664. The van der Waals surface area contributed by atoms with Crippen LogP contribution in [0.2, 0.25) is 0 Å². The first-order chi connectivity index (χ1) is 8.49. The number of aromatic nitrogens is 1. The van der Waals surface area contributed by atoms with E-state index in [4.69, 9.17) is 4.52 Å². The molecule has 19 heavy (non-hydrogen) atoms. The summed E-state index contributed by atoms with van der Waals surface area (Å²) >= 11 is 0. The monoisotopic (exact) mass is 289 g/mol. The normalized spacial score (nSPS) is 12.3. The molecule has 0 unspecified atom stereocenters. The van der Waals surface area contributed by atoms with Gasteiger partial charge in [0, 0.05) is 11.6 Å². The first kappa shape index (κ1) is 15.5. The molecule has 0 atom stereocenters. The van der Waals surface area contributed by atoms with Crippen LogP contribution in [0.1, 0.15) is 26.5 Å². The van der Waals surface area contributed by atoms with Crippen molar-refractivity contribution in [2.45, 2.75) is 33.2 Å². The fourth-order valence-electron chi connectivity index (χ4n) is 1.43. The quantitative estimate of drug-likeness (QED) is 0.879. The summed E-state index contributed by atoms with van der Waals surface area (Å²) in [6.07, 6.45) is 1.02. The van der Waals surface area contributed by atoms with Crippen LogP contribution in [0.4, 0.5) is 5.82 Å². The Kier molecular flexibility index (Phi) is 4.24. The second kappa shape index (κ2) is 5.20. The van der Waals surface area contributed by atoms with E-state index in [1.165, 1.54) is 6.07 Å². The number of aryl methyl sites for hydroxylation is 1. The van der Waals surface area contributed by atoms with E-state index in [9.17, 15) is 13.2 Å². The largest absolute Gasteiger partial charge is 0.360 e. The summed E-state index contributed by atoms with van der Waals surface area (Å²) in [5, 5.41) is 6.32. The maximum atomic E-state index is 11.8. The lowest BCUT2D eigenvalue weighted by molar-refractivity contribution is -0.121. The molecule has 0 radical (unpaired) electrons. The van der Waals surface area contributed by atoms with Crippen molar-refractivity contribution in [3.63, 3.8) is 0 Å². The molecule has 0 aliphatic rings. The van der Waals surface area contributed by atoms with Crippen LogP contribution < -0.4 is 9.62 Å². The molecule has 8 heteroatoms. The minimum absolute atomic E-state index is 0.101. The molecule has 1 aromatic rings. The van der Waals surface area contributed by atoms with E-state index < -0.39 is 21.5 Å². The molecule has 7 nitrogen and oxygen atoms in total. The van der Waals surface area contributed by atoms with Crippen molar-refractivity contribution in [3.8, 4) is 0 Å². The summed E-state index contributed by atoms with van der Waals surface area (Å²) in [6, 6.07) is 1.46. The van der Waals surface area contributed by atoms with E-state index >= 15 is 0 Å². The van der Waals surface area contributed by atoms with Gasteiger partial charge >= 0.3 is 0 Å². The van der Waals surface area contributed by atoms with Crippen LogP contribution in [-0.2, 0) is 14.8 Å². The van der Waals surface area contributed by atoms with Crippen LogP contribution in [0.5, 0.6) is 0 Å². The minimum Gasteiger partial charge on any atom is -0.360 e. The van der Waals surface area contributed by atoms with Gasteiger partial charge in [0.1, 0.15) is 12.3 Å². The third-order valence-electron chi connectivity index (χ3n) is 2.07. The molecular formula is C11H19N3O4S. The number of hydrogen-bond acceptors (Lipinski definition) is 5. The van der Waals surface area contributed by atoms with E-state index in [2.05, 4.69) is 10.5 Å². The van der Waals surface area contributed by atoms with E-state index in [0.29, 0.717) is 5.76 Å². The van der Waals surface area contributed by atoms with Crippen molar-refractivity contribution in [3.05, 3.63) is 11.8 Å². The second-order valence-corrected chi connectivity index (χ2v) is 7.27. The number of carbonyl (C=O) groups is 1. The molecule has 0 saturated carbocycles. The third-order valence-corrected chi connectivity index (χ3v) is 3.19. The summed E-state index contributed by atoms with van der Waals surface area (Å²) in [6.45, 7) is 6.76. The summed E-state index contributed by atoms with van der Waals surface area (Å²) in [5.41, 5.74) is -0.431. The molecule has 0 aromatic carbocycles. The minimum atomic E-state index is -3.61. The fourth-order valence-corrected chi connectivity index (χ4v) is 2.20. The summed E-state index contributed by atoms with van der Waals surface area (Å²) < 4.78 is 29.2. The average molecular weight is 289 g/mol. The second-order valence-electron chi connectivity index (χ2n) is 5.36. The zero-order valence-corrected chi connectivity index (χ0v) is 12.5. The highest BCUT2D eigenvalue weighted by atomic mass is 32.2. The van der Waals surface area contributed by atoms with Gasteiger partial charge in [-0.05, 0) is 27.7 Å². The van der Waals surface area contributed by atoms with E-state index in [1.807, 2.05) is 20.8 Å². The van der Waals surface area contributed by atoms with Crippen molar-refractivity contribution >= 4 is 21.7 Å². The molecule has 1 N–H and O–H groups in total. The van der Waals surface area contributed by atoms with E-state index in [1.54, 1.807) is 6.92 Å². The third kappa shape index (κ3) is 4.90. The van der Waals surface area contributed by atoms with E-state index in [0.717, 1.165) is 10.6 Å². The SMILES string of the molecule is Cc1cc(N(CC(=O)NC(C)(C)C)S(C)(=O)=O)no1. The van der Waals surface area contributed by atoms with Crippen LogP contribution >= 0.6 is 0 Å². The smallest absolute Gasteiger partial charge is 0.241 e. The highest BCUT2D eigenvalue weighted by Crippen LogP contribution is 2.16. The molecule has 1 rings (SSSR count).